The zero-order valence-corrected chi connectivity index (χ0v) is 20.8. The summed E-state index contributed by atoms with van der Waals surface area (Å²) < 4.78 is 5.83. The van der Waals surface area contributed by atoms with Crippen molar-refractivity contribution in [2.24, 2.45) is 5.92 Å². The minimum atomic E-state index is -0.184. The molecular formula is C26H38ClN3O3. The number of halogens is 1. The minimum Gasteiger partial charge on any atom is -0.491 e. The molecule has 4 rings (SSSR count). The van der Waals surface area contributed by atoms with Crippen LogP contribution >= 0.6 is 11.6 Å². The van der Waals surface area contributed by atoms with Gasteiger partial charge in [-0.2, -0.15) is 0 Å². The smallest absolute Gasteiger partial charge is 0.324 e. The molecule has 2 aliphatic heterocycles. The fourth-order valence-corrected chi connectivity index (χ4v) is 5.78. The second-order valence-electron chi connectivity index (χ2n) is 10.3. The highest BCUT2D eigenvalue weighted by Crippen LogP contribution is 2.30. The van der Waals surface area contributed by atoms with Gasteiger partial charge in [-0.1, -0.05) is 30.9 Å². The molecule has 6 nitrogen and oxygen atoms in total. The number of urea groups is 1. The van der Waals surface area contributed by atoms with Gasteiger partial charge in [-0.3, -0.25) is 9.69 Å². The standard InChI is InChI=1S/C26H38ClN3O3/c1-18(2)33-23-8-9-24(27)20(15-23)14-19-10-12-29(13-11-19)17-21-16-25(31)30(26(32)28-21)22-6-4-3-5-7-22/h8-9,15,18-19,21-22H,3-7,10-14,16-17H2,1-2H3,(H,28,32). The molecule has 1 atom stereocenters. The number of nitrogens with one attached hydrogen (secondary N) is 1. The Balaban J connectivity index is 1.25. The van der Waals surface area contributed by atoms with Gasteiger partial charge in [0.05, 0.1) is 12.1 Å². The zero-order chi connectivity index (χ0) is 23.4. The van der Waals surface area contributed by atoms with Crippen molar-refractivity contribution in [3.8, 4) is 5.75 Å². The third-order valence-electron chi connectivity index (χ3n) is 7.26. The molecule has 3 aliphatic rings. The van der Waals surface area contributed by atoms with Crippen LogP contribution < -0.4 is 10.1 Å². The molecule has 1 aromatic carbocycles. The monoisotopic (exact) mass is 475 g/mol. The Morgan fingerprint density at radius 2 is 1.82 bits per heavy atom. The lowest BCUT2D eigenvalue weighted by Crippen LogP contribution is -2.60. The fraction of sp³-hybridized carbons (Fsp3) is 0.692. The summed E-state index contributed by atoms with van der Waals surface area (Å²) in [4.78, 5) is 29.4. The second kappa shape index (κ2) is 11.1. The van der Waals surface area contributed by atoms with E-state index in [4.69, 9.17) is 16.3 Å². The highest BCUT2D eigenvalue weighted by molar-refractivity contribution is 6.31. The van der Waals surface area contributed by atoms with E-state index in [0.717, 1.165) is 80.9 Å². The number of hydrogen-bond acceptors (Lipinski definition) is 4. The van der Waals surface area contributed by atoms with E-state index in [-0.39, 0.29) is 30.1 Å². The molecule has 33 heavy (non-hydrogen) atoms. The summed E-state index contributed by atoms with van der Waals surface area (Å²) in [5.74, 6) is 1.46. The lowest BCUT2D eigenvalue weighted by molar-refractivity contribution is -0.132. The van der Waals surface area contributed by atoms with E-state index in [1.807, 2.05) is 26.0 Å². The molecular weight excluding hydrogens is 438 g/mol. The summed E-state index contributed by atoms with van der Waals surface area (Å²) in [6.07, 6.45) is 9.04. The largest absolute Gasteiger partial charge is 0.491 e. The lowest BCUT2D eigenvalue weighted by atomic mass is 9.89. The summed E-state index contributed by atoms with van der Waals surface area (Å²) >= 11 is 6.46. The van der Waals surface area contributed by atoms with Crippen molar-refractivity contribution >= 4 is 23.5 Å². The van der Waals surface area contributed by atoms with Crippen molar-refractivity contribution in [2.45, 2.75) is 89.8 Å². The first-order valence-corrected chi connectivity index (χ1v) is 13.1. The Bertz CT molecular complexity index is 814. The maximum Gasteiger partial charge on any atom is 0.324 e. The number of nitrogens with zero attached hydrogens (tertiary/aromatic N) is 2. The molecule has 2 heterocycles. The highest BCUT2D eigenvalue weighted by Gasteiger charge is 2.37. The van der Waals surface area contributed by atoms with Gasteiger partial charge < -0.3 is 15.0 Å². The molecule has 3 amide bonds. The Kier molecular flexibility index (Phi) is 8.18. The van der Waals surface area contributed by atoms with Gasteiger partial charge in [-0.05, 0) is 88.7 Å². The van der Waals surface area contributed by atoms with E-state index >= 15 is 0 Å². The number of piperidine rings is 1. The maximum atomic E-state index is 12.8. The van der Waals surface area contributed by atoms with Crippen molar-refractivity contribution in [1.82, 2.24) is 15.1 Å². The predicted octanol–water partition coefficient (Wildman–Crippen LogP) is 5.02. The van der Waals surface area contributed by atoms with Gasteiger partial charge in [0.2, 0.25) is 5.91 Å². The van der Waals surface area contributed by atoms with Crippen molar-refractivity contribution in [1.29, 1.82) is 0 Å². The first-order valence-electron chi connectivity index (χ1n) is 12.7. The summed E-state index contributed by atoms with van der Waals surface area (Å²) in [6.45, 7) is 6.77. The van der Waals surface area contributed by atoms with Crippen molar-refractivity contribution in [2.75, 3.05) is 19.6 Å². The van der Waals surface area contributed by atoms with Crippen molar-refractivity contribution in [3.63, 3.8) is 0 Å². The Morgan fingerprint density at radius 3 is 2.48 bits per heavy atom. The number of ether oxygens (including phenoxy) is 1. The van der Waals surface area contributed by atoms with Crippen LogP contribution in [0.4, 0.5) is 4.79 Å². The zero-order valence-electron chi connectivity index (χ0n) is 20.0. The maximum absolute atomic E-state index is 12.8. The van der Waals surface area contributed by atoms with Gasteiger partial charge in [-0.25, -0.2) is 4.79 Å². The average molecular weight is 476 g/mol. The van der Waals surface area contributed by atoms with Crippen LogP contribution in [0.1, 0.15) is 70.8 Å². The Morgan fingerprint density at radius 1 is 1.09 bits per heavy atom. The molecule has 3 fully saturated rings. The molecule has 1 unspecified atom stereocenters. The van der Waals surface area contributed by atoms with Crippen LogP contribution in [-0.4, -0.2) is 59.6 Å². The van der Waals surface area contributed by atoms with Gasteiger partial charge in [0.25, 0.3) is 0 Å². The van der Waals surface area contributed by atoms with Gasteiger partial charge >= 0.3 is 6.03 Å². The lowest BCUT2D eigenvalue weighted by Gasteiger charge is -2.40. The average Bonchev–Trinajstić information content (AvgIpc) is 2.77. The Hall–Kier alpha value is -1.79. The van der Waals surface area contributed by atoms with Crippen LogP contribution in [0.5, 0.6) is 5.75 Å². The molecule has 7 heteroatoms. The first kappa shape index (κ1) is 24.3. The van der Waals surface area contributed by atoms with Crippen LogP contribution in [0.25, 0.3) is 0 Å². The number of imide groups is 1. The fourth-order valence-electron chi connectivity index (χ4n) is 5.59. The molecule has 1 saturated carbocycles. The van der Waals surface area contributed by atoms with Crippen LogP contribution in [0.15, 0.2) is 18.2 Å². The number of hydrogen-bond donors (Lipinski definition) is 1. The first-order chi connectivity index (χ1) is 15.9. The second-order valence-corrected chi connectivity index (χ2v) is 10.7. The molecule has 0 spiro atoms. The van der Waals surface area contributed by atoms with Crippen molar-refractivity contribution < 1.29 is 14.3 Å². The molecule has 0 bridgehead atoms. The van der Waals surface area contributed by atoms with Gasteiger partial charge in [0.15, 0.2) is 0 Å². The van der Waals surface area contributed by atoms with Crippen LogP contribution in [0.3, 0.4) is 0 Å². The van der Waals surface area contributed by atoms with E-state index in [1.54, 1.807) is 0 Å². The van der Waals surface area contributed by atoms with Gasteiger partial charge in [0.1, 0.15) is 5.75 Å². The summed E-state index contributed by atoms with van der Waals surface area (Å²) in [5.41, 5.74) is 1.15. The molecule has 1 aliphatic carbocycles. The summed E-state index contributed by atoms with van der Waals surface area (Å²) in [6, 6.07) is 5.78. The van der Waals surface area contributed by atoms with Gasteiger partial charge in [-0.15, -0.1) is 0 Å². The molecule has 0 aromatic heterocycles. The minimum absolute atomic E-state index is 0.00340. The highest BCUT2D eigenvalue weighted by atomic mass is 35.5. The molecule has 182 valence electrons. The van der Waals surface area contributed by atoms with E-state index in [1.165, 1.54) is 11.3 Å². The van der Waals surface area contributed by atoms with Crippen LogP contribution in [0, 0.1) is 5.92 Å². The van der Waals surface area contributed by atoms with Crippen LogP contribution in [0.2, 0.25) is 5.02 Å². The quantitative estimate of drug-likeness (QED) is 0.601. The summed E-state index contributed by atoms with van der Waals surface area (Å²) in [5, 5.41) is 3.92. The number of likely N-dealkylation sites (tertiary alicyclic amines) is 1. The number of amides is 3. The Labute approximate surface area is 203 Å². The molecule has 1 aromatic rings. The van der Waals surface area contributed by atoms with Gasteiger partial charge in [0, 0.05) is 24.0 Å². The molecule has 1 N–H and O–H groups in total. The number of benzene rings is 1. The van der Waals surface area contributed by atoms with E-state index in [0.29, 0.717) is 12.3 Å². The van der Waals surface area contributed by atoms with Crippen molar-refractivity contribution in [3.05, 3.63) is 28.8 Å². The topological polar surface area (TPSA) is 61.9 Å². The SMILES string of the molecule is CC(C)Oc1ccc(Cl)c(CC2CCN(CC3CC(=O)N(C4CCCCC4)C(=O)N3)CC2)c1. The normalized spacial score (nSPS) is 23.8. The number of carbonyl (C=O) groups is 2. The number of rotatable bonds is 7. The third kappa shape index (κ3) is 6.42. The third-order valence-corrected chi connectivity index (χ3v) is 7.63. The van der Waals surface area contributed by atoms with E-state index < -0.39 is 0 Å². The summed E-state index contributed by atoms with van der Waals surface area (Å²) in [7, 11) is 0. The van der Waals surface area contributed by atoms with E-state index in [9.17, 15) is 9.59 Å². The van der Waals surface area contributed by atoms with Crippen LogP contribution in [-0.2, 0) is 11.2 Å². The van der Waals surface area contributed by atoms with E-state index in [2.05, 4.69) is 16.3 Å². The predicted molar refractivity (Wildman–Crippen MR) is 131 cm³/mol. The molecule has 0 radical (unpaired) electrons. The number of carbonyl (C=O) groups excluding carboxylic acids is 2. The molecule has 2 saturated heterocycles.